The lowest BCUT2D eigenvalue weighted by atomic mass is 10.1. The molecule has 2 aliphatic heterocycles. The van der Waals surface area contributed by atoms with Gasteiger partial charge in [-0.3, -0.25) is 4.90 Å². The van der Waals surface area contributed by atoms with Gasteiger partial charge in [-0.1, -0.05) is 12.1 Å². The summed E-state index contributed by atoms with van der Waals surface area (Å²) in [4.78, 5) is 9.84. The van der Waals surface area contributed by atoms with Gasteiger partial charge < -0.3 is 10.3 Å². The number of hydrogen-bond acceptors (Lipinski definition) is 3. The van der Waals surface area contributed by atoms with Crippen LogP contribution < -0.4 is 5.32 Å². The zero-order chi connectivity index (χ0) is 13.4. The van der Waals surface area contributed by atoms with Gasteiger partial charge in [0, 0.05) is 24.3 Å². The number of benzene rings is 1. The number of nitrogens with one attached hydrogen (secondary N) is 2. The van der Waals surface area contributed by atoms with E-state index in [-0.39, 0.29) is 0 Å². The van der Waals surface area contributed by atoms with Gasteiger partial charge in [-0.25, -0.2) is 4.98 Å². The molecule has 0 amide bonds. The second-order valence-electron chi connectivity index (χ2n) is 5.83. The first-order valence-corrected chi connectivity index (χ1v) is 7.49. The number of hydrogen-bond donors (Lipinski definition) is 2. The molecule has 2 fully saturated rings. The van der Waals surface area contributed by atoms with Crippen LogP contribution in [0.5, 0.6) is 0 Å². The largest absolute Gasteiger partial charge is 0.381 e. The van der Waals surface area contributed by atoms with Crippen LogP contribution in [-0.2, 0) is 0 Å². The molecule has 2 saturated heterocycles. The van der Waals surface area contributed by atoms with Crippen LogP contribution in [0, 0.1) is 0 Å². The minimum atomic E-state index is 0.621. The van der Waals surface area contributed by atoms with Crippen LogP contribution in [-0.4, -0.2) is 40.0 Å². The normalized spacial score (nSPS) is 25.8. The molecular formula is C16H20N4. The maximum atomic E-state index is 4.06. The summed E-state index contributed by atoms with van der Waals surface area (Å²) in [5.74, 6) is 0. The van der Waals surface area contributed by atoms with Gasteiger partial charge in [-0.2, -0.15) is 0 Å². The first kappa shape index (κ1) is 12.0. The van der Waals surface area contributed by atoms with E-state index >= 15 is 0 Å². The number of H-pyrrole nitrogens is 1. The van der Waals surface area contributed by atoms with Crippen LogP contribution in [0.15, 0.2) is 36.8 Å². The fraction of sp³-hybridized carbons (Fsp3) is 0.438. The predicted octanol–water partition coefficient (Wildman–Crippen LogP) is 2.73. The summed E-state index contributed by atoms with van der Waals surface area (Å²) < 4.78 is 0. The summed E-state index contributed by atoms with van der Waals surface area (Å²) in [5, 5.41) is 3.72. The van der Waals surface area contributed by atoms with Crippen molar-refractivity contribution in [1.29, 1.82) is 0 Å². The second-order valence-corrected chi connectivity index (χ2v) is 5.83. The molecule has 2 unspecified atom stereocenters. The third-order valence-corrected chi connectivity index (χ3v) is 4.65. The van der Waals surface area contributed by atoms with Gasteiger partial charge in [-0.15, -0.1) is 0 Å². The van der Waals surface area contributed by atoms with Crippen molar-refractivity contribution in [2.45, 2.75) is 31.3 Å². The van der Waals surface area contributed by atoms with Gasteiger partial charge in [0.15, 0.2) is 0 Å². The zero-order valence-electron chi connectivity index (χ0n) is 11.5. The Hall–Kier alpha value is -1.81. The van der Waals surface area contributed by atoms with Crippen molar-refractivity contribution in [3.8, 4) is 11.3 Å². The Morgan fingerprint density at radius 3 is 2.85 bits per heavy atom. The smallest absolute Gasteiger partial charge is 0.0924 e. The molecular weight excluding hydrogens is 248 g/mol. The number of aromatic amines is 1. The number of imidazole rings is 1. The molecule has 0 saturated carbocycles. The van der Waals surface area contributed by atoms with Crippen molar-refractivity contribution in [2.75, 3.05) is 18.4 Å². The SMILES string of the molecule is c1ncc(-c2ccc(NC3CCN4CCCC34)cc2)[nH]1. The van der Waals surface area contributed by atoms with Crippen LogP contribution in [0.4, 0.5) is 5.69 Å². The topological polar surface area (TPSA) is 44.0 Å². The van der Waals surface area contributed by atoms with Gasteiger partial charge in [0.05, 0.1) is 18.2 Å². The highest BCUT2D eigenvalue weighted by Crippen LogP contribution is 2.30. The van der Waals surface area contributed by atoms with Crippen LogP contribution in [0.1, 0.15) is 19.3 Å². The van der Waals surface area contributed by atoms with E-state index in [1.807, 2.05) is 6.20 Å². The summed E-state index contributed by atoms with van der Waals surface area (Å²) in [7, 11) is 0. The van der Waals surface area contributed by atoms with E-state index in [1.165, 1.54) is 43.6 Å². The molecule has 0 bridgehead atoms. The molecule has 0 aliphatic carbocycles. The Morgan fingerprint density at radius 1 is 1.15 bits per heavy atom. The Kier molecular flexibility index (Phi) is 2.96. The number of rotatable bonds is 3. The van der Waals surface area contributed by atoms with E-state index in [2.05, 4.69) is 44.5 Å². The molecule has 1 aromatic heterocycles. The highest BCUT2D eigenvalue weighted by atomic mass is 15.2. The van der Waals surface area contributed by atoms with Crippen LogP contribution in [0.25, 0.3) is 11.3 Å². The molecule has 2 N–H and O–H groups in total. The maximum absolute atomic E-state index is 4.06. The summed E-state index contributed by atoms with van der Waals surface area (Å²) in [6.45, 7) is 2.55. The van der Waals surface area contributed by atoms with Crippen molar-refractivity contribution in [2.24, 2.45) is 0 Å². The molecule has 2 aromatic rings. The summed E-state index contributed by atoms with van der Waals surface area (Å²) >= 11 is 0. The molecule has 4 rings (SSSR count). The predicted molar refractivity (Wildman–Crippen MR) is 80.6 cm³/mol. The summed E-state index contributed by atoms with van der Waals surface area (Å²) in [6.07, 6.45) is 7.56. The highest BCUT2D eigenvalue weighted by molar-refractivity contribution is 5.62. The molecule has 2 atom stereocenters. The van der Waals surface area contributed by atoms with Gasteiger partial charge >= 0.3 is 0 Å². The molecule has 1 aromatic carbocycles. The minimum Gasteiger partial charge on any atom is -0.381 e. The number of aromatic nitrogens is 2. The lowest BCUT2D eigenvalue weighted by molar-refractivity contribution is 0.318. The van der Waals surface area contributed by atoms with Crippen LogP contribution in [0.3, 0.4) is 0 Å². The third kappa shape index (κ3) is 2.10. The van der Waals surface area contributed by atoms with Crippen molar-refractivity contribution in [3.05, 3.63) is 36.8 Å². The van der Waals surface area contributed by atoms with Crippen molar-refractivity contribution in [1.82, 2.24) is 14.9 Å². The lowest BCUT2D eigenvalue weighted by Gasteiger charge is -2.22. The van der Waals surface area contributed by atoms with Crippen molar-refractivity contribution in [3.63, 3.8) is 0 Å². The number of anilines is 1. The fourth-order valence-electron chi connectivity index (χ4n) is 3.62. The highest BCUT2D eigenvalue weighted by Gasteiger charge is 2.36. The standard InChI is InChI=1S/C16H20N4/c1-2-16-14(7-9-20(16)8-1)19-13-5-3-12(4-6-13)15-10-17-11-18-15/h3-6,10-11,14,16,19H,1-2,7-9H2,(H,17,18). The molecule has 4 heteroatoms. The Balaban J connectivity index is 1.47. The monoisotopic (exact) mass is 268 g/mol. The first-order chi connectivity index (χ1) is 9.90. The molecule has 104 valence electrons. The van der Waals surface area contributed by atoms with E-state index in [0.717, 1.165) is 11.7 Å². The molecule has 0 spiro atoms. The maximum Gasteiger partial charge on any atom is 0.0924 e. The molecule has 3 heterocycles. The fourth-order valence-corrected chi connectivity index (χ4v) is 3.62. The van der Waals surface area contributed by atoms with E-state index < -0.39 is 0 Å². The van der Waals surface area contributed by atoms with E-state index in [0.29, 0.717) is 6.04 Å². The average Bonchev–Trinajstić information content (AvgIpc) is 3.18. The molecule has 20 heavy (non-hydrogen) atoms. The Labute approximate surface area is 119 Å². The molecule has 0 radical (unpaired) electrons. The second kappa shape index (κ2) is 4.94. The van der Waals surface area contributed by atoms with E-state index in [1.54, 1.807) is 6.33 Å². The number of nitrogens with zero attached hydrogens (tertiary/aromatic N) is 2. The Morgan fingerprint density at radius 2 is 2.05 bits per heavy atom. The van der Waals surface area contributed by atoms with Gasteiger partial charge in [0.1, 0.15) is 0 Å². The van der Waals surface area contributed by atoms with Crippen LogP contribution in [0.2, 0.25) is 0 Å². The van der Waals surface area contributed by atoms with Crippen LogP contribution >= 0.6 is 0 Å². The molecule has 4 nitrogen and oxygen atoms in total. The van der Waals surface area contributed by atoms with Crippen molar-refractivity contribution < 1.29 is 0 Å². The minimum absolute atomic E-state index is 0.621. The van der Waals surface area contributed by atoms with Gasteiger partial charge in [0.2, 0.25) is 0 Å². The van der Waals surface area contributed by atoms with Gasteiger partial charge in [0.25, 0.3) is 0 Å². The zero-order valence-corrected chi connectivity index (χ0v) is 11.5. The quantitative estimate of drug-likeness (QED) is 0.899. The average molecular weight is 268 g/mol. The Bertz CT molecular complexity index is 561. The van der Waals surface area contributed by atoms with Crippen molar-refractivity contribution >= 4 is 5.69 Å². The number of fused-ring (bicyclic) bond motifs is 1. The summed E-state index contributed by atoms with van der Waals surface area (Å²) in [5.41, 5.74) is 3.48. The summed E-state index contributed by atoms with van der Waals surface area (Å²) in [6, 6.07) is 10.0. The third-order valence-electron chi connectivity index (χ3n) is 4.65. The van der Waals surface area contributed by atoms with E-state index in [4.69, 9.17) is 0 Å². The van der Waals surface area contributed by atoms with E-state index in [9.17, 15) is 0 Å². The first-order valence-electron chi connectivity index (χ1n) is 7.49. The molecule has 2 aliphatic rings. The lowest BCUT2D eigenvalue weighted by Crippen LogP contribution is -2.33. The van der Waals surface area contributed by atoms with Gasteiger partial charge in [-0.05, 0) is 43.5 Å².